The lowest BCUT2D eigenvalue weighted by Crippen LogP contribution is -2.67. The largest absolute Gasteiger partial charge is 0.462 e. The van der Waals surface area contributed by atoms with E-state index in [-0.39, 0.29) is 31.7 Å². The normalized spacial score (nSPS) is 19.2. The number of carbonyl (C=O) groups excluding carboxylic acids is 11. The van der Waals surface area contributed by atoms with Crippen molar-refractivity contribution in [3.63, 3.8) is 0 Å². The first-order valence-electron chi connectivity index (χ1n) is 41.5. The molecule has 5 unspecified atom stereocenters. The van der Waals surface area contributed by atoms with Gasteiger partial charge in [0, 0.05) is 42.8 Å². The van der Waals surface area contributed by atoms with Crippen molar-refractivity contribution in [2.75, 3.05) is 30.7 Å². The number of anilines is 1. The van der Waals surface area contributed by atoms with Gasteiger partial charge in [0.05, 0.1) is 24.3 Å². The van der Waals surface area contributed by atoms with E-state index >= 15 is 19.2 Å². The number of nitrogens with one attached hydrogen (secondary N) is 8. The second-order valence-electron chi connectivity index (χ2n) is 34.1. The summed E-state index contributed by atoms with van der Waals surface area (Å²) in [5, 5.41) is 35.9. The van der Waals surface area contributed by atoms with Gasteiger partial charge in [-0.25, -0.2) is 4.79 Å². The molecule has 642 valence electrons. The zero-order chi connectivity index (χ0) is 87.7. The van der Waals surface area contributed by atoms with Crippen molar-refractivity contribution in [1.82, 2.24) is 47.0 Å². The second-order valence-corrected chi connectivity index (χ2v) is 35.3. The maximum absolute atomic E-state index is 16.9. The number of benzene rings is 8. The number of amides is 8. The summed E-state index contributed by atoms with van der Waals surface area (Å²) in [7, 11) is 0. The second kappa shape index (κ2) is 39.7. The molecule has 26 heteroatoms. The Morgan fingerprint density at radius 2 is 1.08 bits per heavy atom. The number of nitrogens with zero attached hydrogens (tertiary/aromatic N) is 2. The summed E-state index contributed by atoms with van der Waals surface area (Å²) in [5.74, 6) is -9.76. The maximum atomic E-state index is 16.9. The topological polar surface area (TPSA) is 338 Å². The van der Waals surface area contributed by atoms with E-state index in [0.29, 0.717) is 52.6 Å². The quantitative estimate of drug-likeness (QED) is 0.00771. The Hall–Kier alpha value is -12.0. The van der Waals surface area contributed by atoms with Crippen LogP contribution in [0.3, 0.4) is 0 Å². The summed E-state index contributed by atoms with van der Waals surface area (Å²) in [5.41, 5.74) is -0.801. The van der Waals surface area contributed by atoms with Crippen LogP contribution in [-0.2, 0) is 84.6 Å². The van der Waals surface area contributed by atoms with Crippen LogP contribution in [0.2, 0.25) is 0 Å². The van der Waals surface area contributed by atoms with Crippen LogP contribution < -0.4 is 42.5 Å². The number of likely N-dealkylation sites (tertiary alicyclic amines) is 2. The van der Waals surface area contributed by atoms with Gasteiger partial charge in [0.1, 0.15) is 65.8 Å². The molecule has 25 nitrogen and oxygen atoms in total. The van der Waals surface area contributed by atoms with E-state index in [1.54, 1.807) is 97.0 Å². The number of thioether (sulfide) groups is 1. The van der Waals surface area contributed by atoms with E-state index in [1.165, 1.54) is 23.6 Å². The van der Waals surface area contributed by atoms with Gasteiger partial charge < -0.3 is 61.4 Å². The van der Waals surface area contributed by atoms with Crippen molar-refractivity contribution in [2.24, 2.45) is 23.2 Å². The lowest BCUT2D eigenvalue weighted by molar-refractivity contribution is -0.159. The number of hydrogen-bond acceptors (Lipinski definition) is 18. The highest BCUT2D eigenvalue weighted by atomic mass is 32.2. The van der Waals surface area contributed by atoms with Gasteiger partial charge >= 0.3 is 18.0 Å². The molecule has 3 aliphatic rings. The Morgan fingerprint density at radius 1 is 0.590 bits per heavy atom. The van der Waals surface area contributed by atoms with Gasteiger partial charge in [-0.15, -0.1) is 11.8 Å². The molecule has 11 rings (SSSR count). The zero-order valence-electron chi connectivity index (χ0n) is 70.9. The molecule has 12 atom stereocenters. The summed E-state index contributed by atoms with van der Waals surface area (Å²) < 4.78 is 16.3. The molecule has 0 radical (unpaired) electrons. The molecule has 0 saturated carbocycles. The summed E-state index contributed by atoms with van der Waals surface area (Å²) in [4.78, 5) is 167. The van der Waals surface area contributed by atoms with E-state index in [2.05, 4.69) is 42.5 Å². The molecule has 3 heterocycles. The summed E-state index contributed by atoms with van der Waals surface area (Å²) >= 11 is 1.29. The fraction of sp³-hybridized carbons (Fsp3) is 0.385. The van der Waals surface area contributed by atoms with Crippen molar-refractivity contribution in [3.05, 3.63) is 281 Å². The SMILES string of the molecule is CC[C@H](C)C(NC(=O)CNC(=O)[C@@H]1CC2(O)c3ccccc3NC2N1C(=O)OC(C)(C)C)C(=O)NCC(=O)NC(CSC(c1ccccc1)(c1ccccc1)c1ccccc1)C(=O)NC(CC(=O)NC(c1ccccc1)(c1ccccc1)c1ccccc1)C(=O)N1C[C@H](CC(C)(C)C)C[C@]1(C=O)N[C@H](C(=O)OCc1ccccc1)[C@@H](C)[C@H](C)OC(C)=O. The summed E-state index contributed by atoms with van der Waals surface area (Å²) in [6.45, 7) is 17.2. The van der Waals surface area contributed by atoms with Crippen LogP contribution in [0.25, 0.3) is 0 Å². The Balaban J connectivity index is 0.956. The maximum Gasteiger partial charge on any atom is 0.412 e. The van der Waals surface area contributed by atoms with E-state index in [9.17, 15) is 38.7 Å². The van der Waals surface area contributed by atoms with Crippen LogP contribution in [-0.4, -0.2) is 160 Å². The fourth-order valence-electron chi connectivity index (χ4n) is 16.8. The van der Waals surface area contributed by atoms with E-state index < -0.39 is 172 Å². The lowest BCUT2D eigenvalue weighted by Gasteiger charge is -2.41. The van der Waals surface area contributed by atoms with Crippen LogP contribution in [0.4, 0.5) is 10.5 Å². The van der Waals surface area contributed by atoms with Crippen molar-refractivity contribution in [3.8, 4) is 0 Å². The minimum atomic E-state index is -2.10. The van der Waals surface area contributed by atoms with Gasteiger partial charge in [0.15, 0.2) is 11.9 Å². The molecule has 122 heavy (non-hydrogen) atoms. The van der Waals surface area contributed by atoms with Gasteiger partial charge in [-0.1, -0.05) is 278 Å². The third-order valence-electron chi connectivity index (χ3n) is 22.8. The molecular weight excluding hydrogens is 1570 g/mol. The van der Waals surface area contributed by atoms with E-state index in [4.69, 9.17) is 14.2 Å². The molecule has 8 amide bonds. The molecular formula is C96H112N10O15S. The molecule has 2 fully saturated rings. The number of rotatable bonds is 35. The summed E-state index contributed by atoms with van der Waals surface area (Å²) in [6, 6.07) is 64.6. The fourth-order valence-corrected chi connectivity index (χ4v) is 18.3. The number of ether oxygens (including phenoxy) is 3. The monoisotopic (exact) mass is 1680 g/mol. The average Bonchev–Trinajstić information content (AvgIpc) is 1.55. The van der Waals surface area contributed by atoms with Gasteiger partial charge in [-0.05, 0) is 103 Å². The standard InChI is InChI=1S/C96H112N10O15S/c1-12-62(2)82(102-81(111)57-97-85(113)78-55-94(118)74-50-34-35-51-75(74)101-89(94)106(78)90(117)121-92(9,10)11)86(114)98-56-80(110)99-77(60-122-96(71-44-28-17-29-45-71,72-46-30-18-31-47-72)73-48-32-19-33-49-73)84(112)100-76(52-79(109)103-95(68-38-22-14-23-39-68,69-40-24-15-25-41-69)70-42-26-16-27-43-70)87(115)105-58-67(53-91(6,7)8)54-93(105,61-107)104-83(63(3)64(4)120-65(5)108)88(116)119-59-66-36-20-13-21-37-66/h13-51,61-64,67,76-78,82-83,89,101,104,118H,12,52-60H2,1-11H3,(H,97,113)(H,98,114)(H,99,110)(H,100,112)(H,102,111)(H,103,109)/t62-,63-,64-,67+,76?,77?,78-,82?,83-,89?,93-,94?/m0/s1. The Bertz CT molecular complexity index is 4780. The molecule has 0 spiro atoms. The molecule has 0 aromatic heterocycles. The molecule has 3 aliphatic heterocycles. The minimum Gasteiger partial charge on any atom is -0.462 e. The third kappa shape index (κ3) is 21.3. The van der Waals surface area contributed by atoms with Crippen LogP contribution in [0, 0.1) is 23.2 Å². The first-order chi connectivity index (χ1) is 58.2. The number of aliphatic hydroxyl groups is 1. The first-order valence-corrected chi connectivity index (χ1v) is 42.5. The number of carbonyl (C=O) groups is 11. The highest BCUT2D eigenvalue weighted by Gasteiger charge is 2.61. The number of fused-ring (bicyclic) bond motifs is 3. The Labute approximate surface area is 717 Å². The van der Waals surface area contributed by atoms with Crippen LogP contribution in [0.15, 0.2) is 237 Å². The number of para-hydroxylation sites is 1. The molecule has 8 aromatic rings. The van der Waals surface area contributed by atoms with Crippen molar-refractivity contribution in [1.29, 1.82) is 0 Å². The Morgan fingerprint density at radius 3 is 1.58 bits per heavy atom. The van der Waals surface area contributed by atoms with Gasteiger partial charge in [-0.3, -0.25) is 58.2 Å². The minimum absolute atomic E-state index is 0.0838. The Kier molecular flexibility index (Phi) is 29.5. The molecule has 0 aliphatic carbocycles. The van der Waals surface area contributed by atoms with Crippen LogP contribution >= 0.6 is 11.8 Å². The first kappa shape index (κ1) is 90.8. The summed E-state index contributed by atoms with van der Waals surface area (Å²) in [6.07, 6.45) is -2.80. The predicted octanol–water partition coefficient (Wildman–Crippen LogP) is 11.1. The van der Waals surface area contributed by atoms with Crippen molar-refractivity contribution >= 4 is 83.1 Å². The van der Waals surface area contributed by atoms with Crippen LogP contribution in [0.5, 0.6) is 0 Å². The number of hydrogen-bond donors (Lipinski definition) is 9. The van der Waals surface area contributed by atoms with Gasteiger partial charge in [-0.2, -0.15) is 0 Å². The highest BCUT2D eigenvalue weighted by Crippen LogP contribution is 2.51. The van der Waals surface area contributed by atoms with Crippen molar-refractivity contribution in [2.45, 2.75) is 185 Å². The van der Waals surface area contributed by atoms with Crippen molar-refractivity contribution < 1.29 is 72.1 Å². The average molecular weight is 1680 g/mol. The highest BCUT2D eigenvalue weighted by molar-refractivity contribution is 8.00. The molecule has 2 saturated heterocycles. The van der Waals surface area contributed by atoms with Gasteiger partial charge in [0.2, 0.25) is 41.4 Å². The number of esters is 2. The molecule has 8 aromatic carbocycles. The van der Waals surface area contributed by atoms with Gasteiger partial charge in [0.25, 0.3) is 0 Å². The van der Waals surface area contributed by atoms with E-state index in [0.717, 1.165) is 21.6 Å². The van der Waals surface area contributed by atoms with Crippen LogP contribution in [0.1, 0.15) is 153 Å². The smallest absolute Gasteiger partial charge is 0.412 e. The molecule has 9 N–H and O–H groups in total. The third-order valence-corrected chi connectivity index (χ3v) is 24.5. The lowest BCUT2D eigenvalue weighted by atomic mass is 9.77. The predicted molar refractivity (Wildman–Crippen MR) is 465 cm³/mol. The molecule has 0 bridgehead atoms. The number of aldehydes is 1. The van der Waals surface area contributed by atoms with E-state index in [1.807, 2.05) is 209 Å². The zero-order valence-corrected chi connectivity index (χ0v) is 71.7.